The van der Waals surface area contributed by atoms with Crippen molar-refractivity contribution in [2.24, 2.45) is 0 Å². The lowest BCUT2D eigenvalue weighted by atomic mass is 10.0. The predicted molar refractivity (Wildman–Crippen MR) is 69.2 cm³/mol. The number of amides is 2. The highest BCUT2D eigenvalue weighted by Crippen LogP contribution is 2.43. The minimum Gasteiger partial charge on any atom is -0.386 e. The molecule has 0 aliphatic heterocycles. The number of aliphatic hydroxyl groups excluding tert-OH is 1. The van der Waals surface area contributed by atoms with Gasteiger partial charge < -0.3 is 15.7 Å². The molecule has 4 nitrogen and oxygen atoms in total. The summed E-state index contributed by atoms with van der Waals surface area (Å²) in [6, 6.07) is 11.1. The van der Waals surface area contributed by atoms with Gasteiger partial charge in [-0.05, 0) is 21.9 Å². The Morgan fingerprint density at radius 1 is 1.17 bits per heavy atom. The van der Waals surface area contributed by atoms with E-state index in [1.807, 2.05) is 36.4 Å². The first kappa shape index (κ1) is 11.0. The molecule has 1 aliphatic carbocycles. The highest BCUT2D eigenvalue weighted by molar-refractivity contribution is 5.92. The summed E-state index contributed by atoms with van der Waals surface area (Å²) < 4.78 is 0. The molecule has 0 saturated heterocycles. The molecule has 3 rings (SSSR count). The first-order valence-corrected chi connectivity index (χ1v) is 5.90. The fourth-order valence-electron chi connectivity index (χ4n) is 2.63. The van der Waals surface area contributed by atoms with Gasteiger partial charge in [-0.2, -0.15) is 0 Å². The van der Waals surface area contributed by atoms with Crippen LogP contribution in [-0.4, -0.2) is 18.2 Å². The van der Waals surface area contributed by atoms with Crippen LogP contribution in [0.3, 0.4) is 0 Å². The Labute approximate surface area is 105 Å². The molecule has 0 radical (unpaired) electrons. The van der Waals surface area contributed by atoms with E-state index in [2.05, 4.69) is 10.6 Å². The molecule has 0 unspecified atom stereocenters. The second kappa shape index (κ2) is 3.99. The van der Waals surface area contributed by atoms with Crippen molar-refractivity contribution in [2.75, 3.05) is 7.05 Å². The molecule has 0 bridgehead atoms. The van der Waals surface area contributed by atoms with Crippen LogP contribution in [0.25, 0.3) is 10.8 Å². The minimum atomic E-state index is -0.691. The number of carbonyl (C=O) groups is 1. The van der Waals surface area contributed by atoms with E-state index in [-0.39, 0.29) is 12.1 Å². The number of urea groups is 1. The molecule has 2 aromatic rings. The molecule has 2 atom stereocenters. The SMILES string of the molecule is CNC(=O)N[C@H]1c2cccc3cccc(c23)[C@H]1O. The fourth-order valence-corrected chi connectivity index (χ4v) is 2.63. The van der Waals surface area contributed by atoms with E-state index < -0.39 is 6.10 Å². The number of carbonyl (C=O) groups excluding carboxylic acids is 1. The lowest BCUT2D eigenvalue weighted by Gasteiger charge is -2.18. The van der Waals surface area contributed by atoms with Crippen molar-refractivity contribution < 1.29 is 9.90 Å². The molecule has 1 aliphatic rings. The Balaban J connectivity index is 2.13. The molecule has 0 spiro atoms. The van der Waals surface area contributed by atoms with Gasteiger partial charge in [-0.15, -0.1) is 0 Å². The van der Waals surface area contributed by atoms with Gasteiger partial charge in [-0.3, -0.25) is 0 Å². The maximum atomic E-state index is 11.5. The predicted octanol–water partition coefficient (Wildman–Crippen LogP) is 1.86. The maximum absolute atomic E-state index is 11.5. The fraction of sp³-hybridized carbons (Fsp3) is 0.214. The van der Waals surface area contributed by atoms with Gasteiger partial charge in [0, 0.05) is 7.05 Å². The van der Waals surface area contributed by atoms with Crippen LogP contribution in [0, 0.1) is 0 Å². The van der Waals surface area contributed by atoms with Gasteiger partial charge in [0.25, 0.3) is 0 Å². The summed E-state index contributed by atoms with van der Waals surface area (Å²) in [5.41, 5.74) is 1.85. The number of aliphatic hydroxyl groups is 1. The molecule has 0 heterocycles. The molecule has 2 amide bonds. The van der Waals surface area contributed by atoms with Crippen LogP contribution >= 0.6 is 0 Å². The zero-order valence-electron chi connectivity index (χ0n) is 9.97. The Bertz CT molecular complexity index is 619. The van der Waals surface area contributed by atoms with Crippen LogP contribution < -0.4 is 10.6 Å². The van der Waals surface area contributed by atoms with Gasteiger partial charge in [-0.25, -0.2) is 4.79 Å². The second-order valence-electron chi connectivity index (χ2n) is 4.44. The summed E-state index contributed by atoms with van der Waals surface area (Å²) in [6.45, 7) is 0. The van der Waals surface area contributed by atoms with Gasteiger partial charge in [0.1, 0.15) is 6.10 Å². The third-order valence-electron chi connectivity index (χ3n) is 3.45. The van der Waals surface area contributed by atoms with Crippen LogP contribution in [0.15, 0.2) is 36.4 Å². The van der Waals surface area contributed by atoms with E-state index in [0.29, 0.717) is 0 Å². The van der Waals surface area contributed by atoms with Crippen LogP contribution in [0.4, 0.5) is 4.79 Å². The molecule has 0 saturated carbocycles. The lowest BCUT2D eigenvalue weighted by Crippen LogP contribution is -2.37. The maximum Gasteiger partial charge on any atom is 0.315 e. The van der Waals surface area contributed by atoms with Crippen molar-refractivity contribution in [3.8, 4) is 0 Å². The molecule has 2 aromatic carbocycles. The summed E-state index contributed by atoms with van der Waals surface area (Å²) in [7, 11) is 1.56. The van der Waals surface area contributed by atoms with Gasteiger partial charge in [0.05, 0.1) is 6.04 Å². The van der Waals surface area contributed by atoms with Crippen molar-refractivity contribution in [3.05, 3.63) is 47.5 Å². The largest absolute Gasteiger partial charge is 0.386 e. The summed E-state index contributed by atoms with van der Waals surface area (Å²) in [5.74, 6) is 0. The highest BCUT2D eigenvalue weighted by atomic mass is 16.3. The van der Waals surface area contributed by atoms with E-state index in [0.717, 1.165) is 21.9 Å². The Morgan fingerprint density at radius 3 is 2.50 bits per heavy atom. The summed E-state index contributed by atoms with van der Waals surface area (Å²) in [4.78, 5) is 11.5. The van der Waals surface area contributed by atoms with E-state index in [9.17, 15) is 9.90 Å². The lowest BCUT2D eigenvalue weighted by molar-refractivity contribution is 0.138. The average molecular weight is 242 g/mol. The number of benzene rings is 2. The quantitative estimate of drug-likeness (QED) is 0.714. The third-order valence-corrected chi connectivity index (χ3v) is 3.45. The van der Waals surface area contributed by atoms with Gasteiger partial charge >= 0.3 is 6.03 Å². The minimum absolute atomic E-state index is 0.288. The first-order valence-electron chi connectivity index (χ1n) is 5.90. The molecule has 0 fully saturated rings. The number of rotatable bonds is 1. The van der Waals surface area contributed by atoms with Crippen molar-refractivity contribution >= 4 is 16.8 Å². The monoisotopic (exact) mass is 242 g/mol. The van der Waals surface area contributed by atoms with Gasteiger partial charge in [0.15, 0.2) is 0 Å². The average Bonchev–Trinajstić information content (AvgIpc) is 2.67. The molecule has 92 valence electrons. The van der Waals surface area contributed by atoms with Crippen molar-refractivity contribution in [3.63, 3.8) is 0 Å². The first-order chi connectivity index (χ1) is 8.72. The number of hydrogen-bond acceptors (Lipinski definition) is 2. The second-order valence-corrected chi connectivity index (χ2v) is 4.44. The van der Waals surface area contributed by atoms with Crippen molar-refractivity contribution in [1.82, 2.24) is 10.6 Å². The number of hydrogen-bond donors (Lipinski definition) is 3. The van der Waals surface area contributed by atoms with Gasteiger partial charge in [-0.1, -0.05) is 36.4 Å². The molecule has 0 aromatic heterocycles. The normalized spacial score (nSPS) is 21.0. The molecule has 3 N–H and O–H groups in total. The van der Waals surface area contributed by atoms with Crippen LogP contribution in [0.5, 0.6) is 0 Å². The molecular formula is C14H14N2O2. The summed E-state index contributed by atoms with van der Waals surface area (Å²) in [5, 5.41) is 17.8. The number of nitrogens with one attached hydrogen (secondary N) is 2. The zero-order valence-corrected chi connectivity index (χ0v) is 9.97. The molecule has 4 heteroatoms. The van der Waals surface area contributed by atoms with E-state index >= 15 is 0 Å². The van der Waals surface area contributed by atoms with Crippen molar-refractivity contribution in [1.29, 1.82) is 0 Å². The molecular weight excluding hydrogens is 228 g/mol. The van der Waals surface area contributed by atoms with E-state index in [4.69, 9.17) is 0 Å². The van der Waals surface area contributed by atoms with E-state index in [1.54, 1.807) is 7.05 Å². The zero-order chi connectivity index (χ0) is 12.7. The topological polar surface area (TPSA) is 61.4 Å². The van der Waals surface area contributed by atoms with Crippen LogP contribution in [-0.2, 0) is 0 Å². The Kier molecular flexibility index (Phi) is 2.45. The standard InChI is InChI=1S/C14H14N2O2/c1-15-14(18)16-12-9-6-2-4-8-5-3-7-10(11(8)9)13(12)17/h2-7,12-13,17H,1H3,(H2,15,16,18)/t12-,13+/m0/s1. The Hall–Kier alpha value is -2.07. The smallest absolute Gasteiger partial charge is 0.315 e. The highest BCUT2D eigenvalue weighted by Gasteiger charge is 2.33. The van der Waals surface area contributed by atoms with Crippen LogP contribution in [0.1, 0.15) is 23.3 Å². The summed E-state index contributed by atoms with van der Waals surface area (Å²) in [6.07, 6.45) is -0.691. The molecule has 18 heavy (non-hydrogen) atoms. The summed E-state index contributed by atoms with van der Waals surface area (Å²) >= 11 is 0. The van der Waals surface area contributed by atoms with Gasteiger partial charge in [0.2, 0.25) is 0 Å². The third kappa shape index (κ3) is 1.46. The van der Waals surface area contributed by atoms with Crippen molar-refractivity contribution in [2.45, 2.75) is 12.1 Å². The Morgan fingerprint density at radius 2 is 1.83 bits per heavy atom. The van der Waals surface area contributed by atoms with Crippen LogP contribution in [0.2, 0.25) is 0 Å². The van der Waals surface area contributed by atoms with E-state index in [1.165, 1.54) is 0 Å².